The fourth-order valence-corrected chi connectivity index (χ4v) is 2.50. The van der Waals surface area contributed by atoms with Crippen LogP contribution in [-0.4, -0.2) is 21.3 Å². The summed E-state index contributed by atoms with van der Waals surface area (Å²) in [6.45, 7) is 1.96. The zero-order chi connectivity index (χ0) is 15.4. The molecule has 0 bridgehead atoms. The molecule has 0 aliphatic carbocycles. The van der Waals surface area contributed by atoms with Gasteiger partial charge >= 0.3 is 0 Å². The van der Waals surface area contributed by atoms with E-state index in [1.807, 2.05) is 56.4 Å². The van der Waals surface area contributed by atoms with Crippen molar-refractivity contribution in [2.24, 2.45) is 5.73 Å². The molecule has 112 valence electrons. The number of methoxy groups -OCH3 is 2. The number of rotatable bonds is 5. The van der Waals surface area contributed by atoms with E-state index in [1.54, 1.807) is 14.2 Å². The SMILES string of the molecule is COc1ccccc1N(C)c1cccc(OC)c1[C@@H](C)N. The standard InChI is InChI=1S/C17H22N2O2/c1-12(18)17-14(9-7-11-16(17)21-4)19(2)13-8-5-6-10-15(13)20-3/h5-12H,18H2,1-4H3/t12-/m1/s1. The van der Waals surface area contributed by atoms with Crippen LogP contribution in [0.4, 0.5) is 11.4 Å². The summed E-state index contributed by atoms with van der Waals surface area (Å²) in [5.41, 5.74) is 9.11. The highest BCUT2D eigenvalue weighted by atomic mass is 16.5. The maximum atomic E-state index is 6.14. The van der Waals surface area contributed by atoms with Gasteiger partial charge in [-0.3, -0.25) is 0 Å². The van der Waals surface area contributed by atoms with Crippen LogP contribution in [0, 0.1) is 0 Å². The molecule has 0 amide bonds. The van der Waals surface area contributed by atoms with Crippen LogP contribution in [0.5, 0.6) is 11.5 Å². The van der Waals surface area contributed by atoms with Gasteiger partial charge in [-0.15, -0.1) is 0 Å². The third kappa shape index (κ3) is 2.95. The predicted octanol–water partition coefficient (Wildman–Crippen LogP) is 3.49. The van der Waals surface area contributed by atoms with Crippen molar-refractivity contribution in [2.45, 2.75) is 13.0 Å². The highest BCUT2D eigenvalue weighted by Crippen LogP contribution is 2.39. The van der Waals surface area contributed by atoms with Crippen molar-refractivity contribution in [1.29, 1.82) is 0 Å². The van der Waals surface area contributed by atoms with E-state index < -0.39 is 0 Å². The number of para-hydroxylation sites is 2. The van der Waals surface area contributed by atoms with Crippen molar-refractivity contribution < 1.29 is 9.47 Å². The third-order valence-electron chi connectivity index (χ3n) is 3.53. The lowest BCUT2D eigenvalue weighted by Gasteiger charge is -2.26. The Balaban J connectivity index is 2.55. The minimum Gasteiger partial charge on any atom is -0.496 e. The zero-order valence-electron chi connectivity index (χ0n) is 13.0. The highest BCUT2D eigenvalue weighted by molar-refractivity contribution is 5.73. The molecule has 1 atom stereocenters. The van der Waals surface area contributed by atoms with Crippen molar-refractivity contribution in [1.82, 2.24) is 0 Å². The molecule has 0 radical (unpaired) electrons. The van der Waals surface area contributed by atoms with Crippen LogP contribution in [0.15, 0.2) is 42.5 Å². The van der Waals surface area contributed by atoms with Gasteiger partial charge < -0.3 is 20.1 Å². The molecule has 0 aliphatic rings. The lowest BCUT2D eigenvalue weighted by atomic mass is 10.0. The minimum atomic E-state index is -0.131. The van der Waals surface area contributed by atoms with E-state index in [1.165, 1.54) is 0 Å². The van der Waals surface area contributed by atoms with Crippen LogP contribution in [-0.2, 0) is 0 Å². The van der Waals surface area contributed by atoms with Crippen LogP contribution < -0.4 is 20.1 Å². The first-order valence-electron chi connectivity index (χ1n) is 6.89. The highest BCUT2D eigenvalue weighted by Gasteiger charge is 2.18. The van der Waals surface area contributed by atoms with Crippen LogP contribution >= 0.6 is 0 Å². The largest absolute Gasteiger partial charge is 0.496 e. The first-order valence-corrected chi connectivity index (χ1v) is 6.89. The number of hydrogen-bond acceptors (Lipinski definition) is 4. The van der Waals surface area contributed by atoms with E-state index in [0.717, 1.165) is 28.4 Å². The summed E-state index contributed by atoms with van der Waals surface area (Å²) >= 11 is 0. The summed E-state index contributed by atoms with van der Waals surface area (Å²) < 4.78 is 10.9. The molecule has 2 N–H and O–H groups in total. The first kappa shape index (κ1) is 15.2. The molecule has 0 unspecified atom stereocenters. The summed E-state index contributed by atoms with van der Waals surface area (Å²) in [5, 5.41) is 0. The van der Waals surface area contributed by atoms with Gasteiger partial charge in [0.25, 0.3) is 0 Å². The maximum Gasteiger partial charge on any atom is 0.142 e. The molecule has 0 saturated heterocycles. The fourth-order valence-electron chi connectivity index (χ4n) is 2.50. The average Bonchev–Trinajstić information content (AvgIpc) is 2.53. The van der Waals surface area contributed by atoms with E-state index in [2.05, 4.69) is 4.90 Å². The second-order valence-corrected chi connectivity index (χ2v) is 4.91. The van der Waals surface area contributed by atoms with Gasteiger partial charge in [0, 0.05) is 24.3 Å². The molecule has 4 heteroatoms. The van der Waals surface area contributed by atoms with Gasteiger partial charge in [-0.05, 0) is 31.2 Å². The summed E-state index contributed by atoms with van der Waals surface area (Å²) in [7, 11) is 5.33. The lowest BCUT2D eigenvalue weighted by Crippen LogP contribution is -2.17. The van der Waals surface area contributed by atoms with Crippen LogP contribution in [0.1, 0.15) is 18.5 Å². The molecule has 21 heavy (non-hydrogen) atoms. The van der Waals surface area contributed by atoms with Gasteiger partial charge in [0.05, 0.1) is 19.9 Å². The second kappa shape index (κ2) is 6.50. The summed E-state index contributed by atoms with van der Waals surface area (Å²) in [6.07, 6.45) is 0. The normalized spacial score (nSPS) is 11.9. The molecular weight excluding hydrogens is 264 g/mol. The van der Waals surface area contributed by atoms with Crippen LogP contribution in [0.2, 0.25) is 0 Å². The Morgan fingerprint density at radius 2 is 1.48 bits per heavy atom. The Morgan fingerprint density at radius 1 is 0.905 bits per heavy atom. The molecule has 2 aromatic rings. The minimum absolute atomic E-state index is 0.131. The zero-order valence-corrected chi connectivity index (χ0v) is 13.0. The lowest BCUT2D eigenvalue weighted by molar-refractivity contribution is 0.407. The Kier molecular flexibility index (Phi) is 4.70. The van der Waals surface area contributed by atoms with Gasteiger partial charge in [-0.2, -0.15) is 0 Å². The molecule has 0 heterocycles. The van der Waals surface area contributed by atoms with Crippen LogP contribution in [0.3, 0.4) is 0 Å². The Hall–Kier alpha value is -2.20. The smallest absolute Gasteiger partial charge is 0.142 e. The van der Waals surface area contributed by atoms with Crippen molar-refractivity contribution in [3.63, 3.8) is 0 Å². The number of benzene rings is 2. The number of hydrogen-bond donors (Lipinski definition) is 1. The van der Waals surface area contributed by atoms with Crippen molar-refractivity contribution >= 4 is 11.4 Å². The van der Waals surface area contributed by atoms with Crippen molar-refractivity contribution in [3.8, 4) is 11.5 Å². The van der Waals surface area contributed by atoms with Gasteiger partial charge in [-0.25, -0.2) is 0 Å². The van der Waals surface area contributed by atoms with E-state index in [0.29, 0.717) is 0 Å². The molecule has 4 nitrogen and oxygen atoms in total. The third-order valence-corrected chi connectivity index (χ3v) is 3.53. The molecule has 2 rings (SSSR count). The van der Waals surface area contributed by atoms with E-state index in [-0.39, 0.29) is 6.04 Å². The summed E-state index contributed by atoms with van der Waals surface area (Å²) in [6, 6.07) is 13.7. The molecule has 0 spiro atoms. The Morgan fingerprint density at radius 3 is 2.10 bits per heavy atom. The number of ether oxygens (including phenoxy) is 2. The summed E-state index contributed by atoms with van der Waals surface area (Å²) in [5.74, 6) is 1.61. The monoisotopic (exact) mass is 286 g/mol. The molecular formula is C17H22N2O2. The Bertz CT molecular complexity index is 611. The maximum absolute atomic E-state index is 6.14. The molecule has 0 aromatic heterocycles. The first-order chi connectivity index (χ1) is 10.1. The Labute approximate surface area is 126 Å². The predicted molar refractivity (Wildman–Crippen MR) is 86.7 cm³/mol. The van der Waals surface area contributed by atoms with Gasteiger partial charge in [0.1, 0.15) is 11.5 Å². The molecule has 0 aliphatic heterocycles. The van der Waals surface area contributed by atoms with Gasteiger partial charge in [0.15, 0.2) is 0 Å². The topological polar surface area (TPSA) is 47.7 Å². The van der Waals surface area contributed by atoms with E-state index >= 15 is 0 Å². The molecule has 0 fully saturated rings. The average molecular weight is 286 g/mol. The second-order valence-electron chi connectivity index (χ2n) is 4.91. The van der Waals surface area contributed by atoms with Crippen molar-refractivity contribution in [3.05, 3.63) is 48.0 Å². The number of anilines is 2. The van der Waals surface area contributed by atoms with Gasteiger partial charge in [0.2, 0.25) is 0 Å². The fraction of sp³-hybridized carbons (Fsp3) is 0.294. The van der Waals surface area contributed by atoms with E-state index in [4.69, 9.17) is 15.2 Å². The molecule has 2 aromatic carbocycles. The number of nitrogens with zero attached hydrogens (tertiary/aromatic N) is 1. The quantitative estimate of drug-likeness (QED) is 0.914. The van der Waals surface area contributed by atoms with Crippen molar-refractivity contribution in [2.75, 3.05) is 26.2 Å². The number of nitrogens with two attached hydrogens (primary N) is 1. The van der Waals surface area contributed by atoms with E-state index in [9.17, 15) is 0 Å². The summed E-state index contributed by atoms with van der Waals surface area (Å²) in [4.78, 5) is 2.07. The molecule has 0 saturated carbocycles. The van der Waals surface area contributed by atoms with Crippen LogP contribution in [0.25, 0.3) is 0 Å². The van der Waals surface area contributed by atoms with Gasteiger partial charge in [-0.1, -0.05) is 18.2 Å².